The Labute approximate surface area is 232 Å². The molecule has 0 heterocycles. The zero-order chi connectivity index (χ0) is 27.2. The van der Waals surface area contributed by atoms with Gasteiger partial charge in [-0.15, -0.1) is 0 Å². The Balaban J connectivity index is 2.04. The van der Waals surface area contributed by atoms with E-state index < -0.39 is 34.4 Å². The molecule has 0 aromatic heterocycles. The summed E-state index contributed by atoms with van der Waals surface area (Å²) in [6.45, 7) is -0.577. The highest BCUT2D eigenvalue weighted by molar-refractivity contribution is 7.92. The first kappa shape index (κ1) is 28.8. The van der Waals surface area contributed by atoms with Crippen molar-refractivity contribution in [2.75, 3.05) is 24.2 Å². The maximum absolute atomic E-state index is 13.8. The first-order chi connectivity index (χ1) is 17.5. The van der Waals surface area contributed by atoms with E-state index in [1.54, 1.807) is 18.2 Å². The summed E-state index contributed by atoms with van der Waals surface area (Å²) in [5, 5.41) is 3.78. The van der Waals surface area contributed by atoms with E-state index >= 15 is 0 Å². The molecule has 0 bridgehead atoms. The van der Waals surface area contributed by atoms with Crippen LogP contribution in [0.4, 0.5) is 5.69 Å². The number of hydrogen-bond acceptors (Lipinski definition) is 4. The molecule has 0 radical (unpaired) electrons. The Morgan fingerprint density at radius 2 is 1.54 bits per heavy atom. The third-order valence-electron chi connectivity index (χ3n) is 5.67. The lowest BCUT2D eigenvalue weighted by Gasteiger charge is -2.33. The molecule has 1 N–H and O–H groups in total. The van der Waals surface area contributed by atoms with Crippen LogP contribution in [0, 0.1) is 0 Å². The summed E-state index contributed by atoms with van der Waals surface area (Å²) in [5.74, 6) is -0.990. The zero-order valence-corrected chi connectivity index (χ0v) is 23.3. The molecule has 7 nitrogen and oxygen atoms in total. The second kappa shape index (κ2) is 12.6. The molecule has 3 aromatic carbocycles. The van der Waals surface area contributed by atoms with Gasteiger partial charge in [-0.2, -0.15) is 0 Å². The van der Waals surface area contributed by atoms with E-state index in [4.69, 9.17) is 34.8 Å². The molecule has 0 spiro atoms. The van der Waals surface area contributed by atoms with Gasteiger partial charge >= 0.3 is 0 Å². The van der Waals surface area contributed by atoms with Gasteiger partial charge in [0.05, 0.1) is 11.9 Å². The minimum absolute atomic E-state index is 0.0437. The number of nitrogens with zero attached hydrogens (tertiary/aromatic N) is 2. The van der Waals surface area contributed by atoms with E-state index in [0.29, 0.717) is 20.6 Å². The molecule has 3 aromatic rings. The van der Waals surface area contributed by atoms with Gasteiger partial charge in [0.2, 0.25) is 21.8 Å². The third-order valence-corrected chi connectivity index (χ3v) is 7.65. The van der Waals surface area contributed by atoms with Crippen molar-refractivity contribution in [2.45, 2.75) is 19.0 Å². The van der Waals surface area contributed by atoms with E-state index in [1.807, 2.05) is 30.3 Å². The van der Waals surface area contributed by atoms with Gasteiger partial charge in [0.1, 0.15) is 12.6 Å². The van der Waals surface area contributed by atoms with Crippen LogP contribution in [0.15, 0.2) is 72.8 Å². The van der Waals surface area contributed by atoms with Gasteiger partial charge in [-0.1, -0.05) is 71.2 Å². The van der Waals surface area contributed by atoms with E-state index in [-0.39, 0.29) is 18.7 Å². The van der Waals surface area contributed by atoms with Gasteiger partial charge < -0.3 is 10.2 Å². The number of rotatable bonds is 10. The molecule has 0 saturated heterocycles. The van der Waals surface area contributed by atoms with Gasteiger partial charge in [0.25, 0.3) is 0 Å². The average Bonchev–Trinajstić information content (AvgIpc) is 2.86. The van der Waals surface area contributed by atoms with Crippen molar-refractivity contribution in [1.82, 2.24) is 10.2 Å². The molecule has 37 heavy (non-hydrogen) atoms. The van der Waals surface area contributed by atoms with Crippen LogP contribution in [0.25, 0.3) is 0 Å². The Kier molecular flexibility index (Phi) is 9.84. The van der Waals surface area contributed by atoms with Crippen molar-refractivity contribution in [3.05, 3.63) is 99.0 Å². The second-order valence-electron chi connectivity index (χ2n) is 8.32. The lowest BCUT2D eigenvalue weighted by Crippen LogP contribution is -2.52. The highest BCUT2D eigenvalue weighted by Crippen LogP contribution is 2.25. The number of anilines is 1. The molecule has 0 aliphatic rings. The Hall–Kier alpha value is -2.78. The maximum atomic E-state index is 13.8. The van der Waals surface area contributed by atoms with Crippen LogP contribution in [0.2, 0.25) is 15.1 Å². The van der Waals surface area contributed by atoms with Crippen LogP contribution >= 0.6 is 34.8 Å². The summed E-state index contributed by atoms with van der Waals surface area (Å²) >= 11 is 18.4. The van der Waals surface area contributed by atoms with Gasteiger partial charge in [-0.05, 0) is 47.5 Å². The van der Waals surface area contributed by atoms with Crippen LogP contribution in [0.3, 0.4) is 0 Å². The number of nitrogens with one attached hydrogen (secondary N) is 1. The summed E-state index contributed by atoms with van der Waals surface area (Å²) in [6.07, 6.45) is 1.22. The van der Waals surface area contributed by atoms with Gasteiger partial charge in [0, 0.05) is 35.1 Å². The summed E-state index contributed by atoms with van der Waals surface area (Å²) in [4.78, 5) is 28.2. The molecular weight excluding hydrogens is 557 g/mol. The highest BCUT2D eigenvalue weighted by Gasteiger charge is 2.33. The summed E-state index contributed by atoms with van der Waals surface area (Å²) < 4.78 is 26.3. The minimum Gasteiger partial charge on any atom is -0.357 e. The number of halogens is 3. The number of likely N-dealkylation sites (N-methyl/N-ethyl adjacent to an activating group) is 1. The first-order valence-corrected chi connectivity index (χ1v) is 14.2. The molecule has 196 valence electrons. The Bertz CT molecular complexity index is 1350. The fourth-order valence-corrected chi connectivity index (χ4v) is 5.22. The van der Waals surface area contributed by atoms with Crippen LogP contribution in [0.5, 0.6) is 0 Å². The smallest absolute Gasteiger partial charge is 0.244 e. The van der Waals surface area contributed by atoms with Crippen LogP contribution in [-0.4, -0.2) is 51.0 Å². The third kappa shape index (κ3) is 7.85. The predicted molar refractivity (Wildman–Crippen MR) is 149 cm³/mol. The first-order valence-electron chi connectivity index (χ1n) is 11.2. The second-order valence-corrected chi connectivity index (χ2v) is 11.5. The standard InChI is InChI=1S/C26H26Cl3N3O4S/c1-30-26(34)24(14-18-6-4-3-5-7-18)31(16-19-8-9-21(28)15-23(19)29)25(33)17-32(37(2,35)36)22-12-10-20(27)11-13-22/h3-13,15,24H,14,16-17H2,1-2H3,(H,30,34)/t24-/m1/s1. The molecule has 0 aliphatic carbocycles. The maximum Gasteiger partial charge on any atom is 0.244 e. The average molecular weight is 583 g/mol. The van der Waals surface area contributed by atoms with Crippen molar-refractivity contribution >= 4 is 62.3 Å². The summed E-state index contributed by atoms with van der Waals surface area (Å²) in [5.41, 5.74) is 1.65. The molecule has 2 amide bonds. The quantitative estimate of drug-likeness (QED) is 0.372. The molecule has 0 aliphatic heterocycles. The molecular formula is C26H26Cl3N3O4S. The van der Waals surface area contributed by atoms with Crippen LogP contribution < -0.4 is 9.62 Å². The van der Waals surface area contributed by atoms with E-state index in [1.165, 1.54) is 36.2 Å². The van der Waals surface area contributed by atoms with Crippen molar-refractivity contribution in [3.63, 3.8) is 0 Å². The number of hydrogen-bond donors (Lipinski definition) is 1. The van der Waals surface area contributed by atoms with Gasteiger partial charge in [-0.3, -0.25) is 13.9 Å². The lowest BCUT2D eigenvalue weighted by molar-refractivity contribution is -0.139. The fourth-order valence-electron chi connectivity index (χ4n) is 3.78. The number of carbonyl (C=O) groups excluding carboxylic acids is 2. The number of benzene rings is 3. The monoisotopic (exact) mass is 581 g/mol. The number of carbonyl (C=O) groups is 2. The summed E-state index contributed by atoms with van der Waals surface area (Å²) in [7, 11) is -2.38. The minimum atomic E-state index is -3.86. The van der Waals surface area contributed by atoms with Crippen LogP contribution in [0.1, 0.15) is 11.1 Å². The van der Waals surface area contributed by atoms with Gasteiger partial charge in [-0.25, -0.2) is 8.42 Å². The van der Waals surface area contributed by atoms with Crippen LogP contribution in [-0.2, 0) is 32.6 Å². The van der Waals surface area contributed by atoms with Crippen molar-refractivity contribution in [2.24, 2.45) is 0 Å². The van der Waals surface area contributed by atoms with Crippen molar-refractivity contribution in [1.29, 1.82) is 0 Å². The molecule has 11 heteroatoms. The topological polar surface area (TPSA) is 86.8 Å². The SMILES string of the molecule is CNC(=O)[C@@H](Cc1ccccc1)N(Cc1ccc(Cl)cc1Cl)C(=O)CN(c1ccc(Cl)cc1)S(C)(=O)=O. The largest absolute Gasteiger partial charge is 0.357 e. The molecule has 0 fully saturated rings. The number of amides is 2. The fraction of sp³-hybridized carbons (Fsp3) is 0.231. The zero-order valence-electron chi connectivity index (χ0n) is 20.2. The van der Waals surface area contributed by atoms with E-state index in [0.717, 1.165) is 16.1 Å². The molecule has 0 saturated carbocycles. The summed E-state index contributed by atoms with van der Waals surface area (Å²) in [6, 6.07) is 19.2. The normalized spacial score (nSPS) is 12.0. The molecule has 0 unspecified atom stereocenters. The van der Waals surface area contributed by atoms with E-state index in [9.17, 15) is 18.0 Å². The highest BCUT2D eigenvalue weighted by atomic mass is 35.5. The molecule has 3 rings (SSSR count). The Morgan fingerprint density at radius 3 is 2.11 bits per heavy atom. The lowest BCUT2D eigenvalue weighted by atomic mass is 10.0. The Morgan fingerprint density at radius 1 is 0.919 bits per heavy atom. The van der Waals surface area contributed by atoms with E-state index in [2.05, 4.69) is 5.32 Å². The van der Waals surface area contributed by atoms with Gasteiger partial charge in [0.15, 0.2) is 0 Å². The van der Waals surface area contributed by atoms with Crippen molar-refractivity contribution < 1.29 is 18.0 Å². The number of sulfonamides is 1. The van der Waals surface area contributed by atoms with Crippen molar-refractivity contribution in [3.8, 4) is 0 Å². The molecule has 1 atom stereocenters. The predicted octanol–water partition coefficient (Wildman–Crippen LogP) is 4.80.